The van der Waals surface area contributed by atoms with E-state index in [1.54, 1.807) is 22.8 Å². The molecular formula is C6H5BN4. The maximum Gasteiger partial charge on any atom is 0.240 e. The van der Waals surface area contributed by atoms with Crippen LogP contribution >= 0.6 is 0 Å². The summed E-state index contributed by atoms with van der Waals surface area (Å²) in [6, 6.07) is 3.54. The maximum atomic E-state index is 5.59. The number of rotatable bonds is 0. The molecule has 52 valence electrons. The van der Waals surface area contributed by atoms with Gasteiger partial charge < -0.3 is 5.73 Å². The highest BCUT2D eigenvalue weighted by atomic mass is 15.3. The molecule has 2 radical (unpaired) electrons. The van der Waals surface area contributed by atoms with Crippen molar-refractivity contribution in [1.29, 1.82) is 0 Å². The van der Waals surface area contributed by atoms with Crippen LogP contribution in [0, 0.1) is 0 Å². The van der Waals surface area contributed by atoms with Crippen LogP contribution in [0.15, 0.2) is 18.3 Å². The van der Waals surface area contributed by atoms with Gasteiger partial charge in [0.25, 0.3) is 0 Å². The van der Waals surface area contributed by atoms with E-state index in [0.29, 0.717) is 11.1 Å². The van der Waals surface area contributed by atoms with Crippen LogP contribution in [0.1, 0.15) is 0 Å². The van der Waals surface area contributed by atoms with E-state index in [0.717, 1.165) is 0 Å². The zero-order chi connectivity index (χ0) is 7.84. The summed E-state index contributed by atoms with van der Waals surface area (Å²) >= 11 is 0. The average molecular weight is 144 g/mol. The Morgan fingerprint density at radius 2 is 2.36 bits per heavy atom. The van der Waals surface area contributed by atoms with Gasteiger partial charge in [0.1, 0.15) is 13.5 Å². The van der Waals surface area contributed by atoms with Gasteiger partial charge >= 0.3 is 0 Å². The summed E-state index contributed by atoms with van der Waals surface area (Å²) in [6.45, 7) is 0. The van der Waals surface area contributed by atoms with Crippen LogP contribution in [0.4, 0.5) is 5.95 Å². The van der Waals surface area contributed by atoms with Crippen LogP contribution in [-0.2, 0) is 0 Å². The zero-order valence-electron chi connectivity index (χ0n) is 5.73. The largest absolute Gasteiger partial charge is 0.366 e. The minimum absolute atomic E-state index is 0.239. The van der Waals surface area contributed by atoms with E-state index in [2.05, 4.69) is 10.1 Å². The summed E-state index contributed by atoms with van der Waals surface area (Å²) in [7, 11) is 5.59. The quantitative estimate of drug-likeness (QED) is 0.487. The predicted octanol–water partition coefficient (Wildman–Crippen LogP) is -0.895. The van der Waals surface area contributed by atoms with Crippen molar-refractivity contribution in [3.8, 4) is 0 Å². The molecule has 11 heavy (non-hydrogen) atoms. The molecule has 2 aromatic rings. The van der Waals surface area contributed by atoms with E-state index in [4.69, 9.17) is 13.6 Å². The summed E-state index contributed by atoms with van der Waals surface area (Å²) < 4.78 is 1.55. The highest BCUT2D eigenvalue weighted by molar-refractivity contribution is 6.36. The van der Waals surface area contributed by atoms with Crippen molar-refractivity contribution < 1.29 is 0 Å². The Bertz CT molecular complexity index is 394. The second-order valence-corrected chi connectivity index (χ2v) is 2.20. The Morgan fingerprint density at radius 1 is 1.55 bits per heavy atom. The van der Waals surface area contributed by atoms with Gasteiger partial charge in [0, 0.05) is 6.20 Å². The summed E-state index contributed by atoms with van der Waals surface area (Å²) in [5, 5.41) is 3.88. The highest BCUT2D eigenvalue weighted by Crippen LogP contribution is 1.96. The minimum atomic E-state index is 0.239. The van der Waals surface area contributed by atoms with Crippen molar-refractivity contribution in [2.24, 2.45) is 0 Å². The van der Waals surface area contributed by atoms with E-state index < -0.39 is 0 Å². The number of nitrogens with two attached hydrogens (primary N) is 1. The summed E-state index contributed by atoms with van der Waals surface area (Å²) in [4.78, 5) is 3.92. The summed E-state index contributed by atoms with van der Waals surface area (Å²) in [5.41, 5.74) is 6.54. The minimum Gasteiger partial charge on any atom is -0.366 e. The van der Waals surface area contributed by atoms with E-state index in [9.17, 15) is 0 Å². The Morgan fingerprint density at radius 3 is 3.09 bits per heavy atom. The number of hydrogen-bond acceptors (Lipinski definition) is 3. The van der Waals surface area contributed by atoms with Crippen LogP contribution < -0.4 is 11.2 Å². The molecule has 0 bridgehead atoms. The first-order valence-corrected chi connectivity index (χ1v) is 3.14. The van der Waals surface area contributed by atoms with E-state index in [1.165, 1.54) is 0 Å². The van der Waals surface area contributed by atoms with Crippen LogP contribution in [0.2, 0.25) is 0 Å². The molecule has 0 unspecified atom stereocenters. The number of pyridine rings is 1. The smallest absolute Gasteiger partial charge is 0.240 e. The van der Waals surface area contributed by atoms with Crippen molar-refractivity contribution in [3.05, 3.63) is 18.3 Å². The molecule has 5 heteroatoms. The molecule has 0 aliphatic carbocycles. The van der Waals surface area contributed by atoms with Crippen LogP contribution in [-0.4, -0.2) is 22.4 Å². The number of fused-ring (bicyclic) bond motifs is 1. The van der Waals surface area contributed by atoms with Crippen molar-refractivity contribution in [2.75, 3.05) is 5.73 Å². The molecular weight excluding hydrogens is 139 g/mol. The topological polar surface area (TPSA) is 56.2 Å². The van der Waals surface area contributed by atoms with Crippen molar-refractivity contribution in [3.63, 3.8) is 0 Å². The third-order valence-corrected chi connectivity index (χ3v) is 1.41. The Hall–Kier alpha value is -1.52. The van der Waals surface area contributed by atoms with Gasteiger partial charge in [-0.1, -0.05) is 11.5 Å². The Balaban J connectivity index is 2.90. The number of aromatic nitrogens is 3. The molecule has 0 saturated heterocycles. The molecule has 4 nitrogen and oxygen atoms in total. The van der Waals surface area contributed by atoms with E-state index in [-0.39, 0.29) is 5.95 Å². The predicted molar refractivity (Wildman–Crippen MR) is 42.8 cm³/mol. The summed E-state index contributed by atoms with van der Waals surface area (Å²) in [6.07, 6.45) is 1.75. The lowest BCUT2D eigenvalue weighted by Crippen LogP contribution is -2.06. The van der Waals surface area contributed by atoms with Gasteiger partial charge in [-0.05, 0) is 6.07 Å². The second-order valence-electron chi connectivity index (χ2n) is 2.20. The van der Waals surface area contributed by atoms with Gasteiger partial charge in [0.2, 0.25) is 5.95 Å². The van der Waals surface area contributed by atoms with Crippen molar-refractivity contribution in [1.82, 2.24) is 14.6 Å². The molecule has 0 atom stereocenters. The Labute approximate surface area is 64.4 Å². The lowest BCUT2D eigenvalue weighted by Gasteiger charge is -1.92. The normalized spacial score (nSPS) is 10.5. The Kier molecular flexibility index (Phi) is 1.12. The monoisotopic (exact) mass is 144 g/mol. The molecule has 0 spiro atoms. The second kappa shape index (κ2) is 1.98. The molecule has 0 fully saturated rings. The van der Waals surface area contributed by atoms with Gasteiger partial charge in [-0.15, -0.1) is 5.10 Å². The third kappa shape index (κ3) is 0.850. The molecule has 2 aromatic heterocycles. The van der Waals surface area contributed by atoms with E-state index >= 15 is 0 Å². The fraction of sp³-hybridized carbons (Fsp3) is 0. The van der Waals surface area contributed by atoms with Gasteiger partial charge in [0.15, 0.2) is 0 Å². The molecule has 2 heterocycles. The van der Waals surface area contributed by atoms with E-state index in [1.807, 2.05) is 0 Å². The lowest BCUT2D eigenvalue weighted by molar-refractivity contribution is 0.971. The van der Waals surface area contributed by atoms with Gasteiger partial charge in [-0.25, -0.2) is 4.52 Å². The fourth-order valence-corrected chi connectivity index (χ4v) is 0.943. The molecule has 2 rings (SSSR count). The van der Waals surface area contributed by atoms with Gasteiger partial charge in [-0.2, -0.15) is 4.98 Å². The molecule has 0 amide bonds. The zero-order valence-corrected chi connectivity index (χ0v) is 5.73. The molecule has 0 aliphatic heterocycles. The fourth-order valence-electron chi connectivity index (χ4n) is 0.943. The first-order chi connectivity index (χ1) is 5.27. The molecule has 0 aliphatic rings. The third-order valence-electron chi connectivity index (χ3n) is 1.41. The first-order valence-electron chi connectivity index (χ1n) is 3.14. The van der Waals surface area contributed by atoms with Crippen molar-refractivity contribution in [2.45, 2.75) is 0 Å². The first kappa shape index (κ1) is 6.21. The van der Waals surface area contributed by atoms with Crippen molar-refractivity contribution >= 4 is 24.9 Å². The van der Waals surface area contributed by atoms with Crippen LogP contribution in [0.25, 0.3) is 5.65 Å². The lowest BCUT2D eigenvalue weighted by atomic mass is 9.98. The standard InChI is InChI=1S/C6H5BN4/c7-4-2-1-3-11-5(4)9-6(8)10-11/h1-3H,(H2,8,10). The van der Waals surface area contributed by atoms with Crippen LogP contribution in [0.5, 0.6) is 0 Å². The SMILES string of the molecule is [B]c1cccn2nc(N)nc12. The maximum absolute atomic E-state index is 5.59. The van der Waals surface area contributed by atoms with Crippen LogP contribution in [0.3, 0.4) is 0 Å². The number of anilines is 1. The number of nitrogens with zero attached hydrogens (tertiary/aromatic N) is 3. The van der Waals surface area contributed by atoms with Gasteiger partial charge in [-0.3, -0.25) is 0 Å². The number of hydrogen-bond donors (Lipinski definition) is 1. The highest BCUT2D eigenvalue weighted by Gasteiger charge is 1.99. The molecule has 0 saturated carbocycles. The molecule has 0 aromatic carbocycles. The summed E-state index contributed by atoms with van der Waals surface area (Å²) in [5.74, 6) is 0.239. The number of nitrogen functional groups attached to an aromatic ring is 1. The average Bonchev–Trinajstić information content (AvgIpc) is 2.31. The van der Waals surface area contributed by atoms with Gasteiger partial charge in [0.05, 0.1) is 0 Å². The molecule has 2 N–H and O–H groups in total.